The van der Waals surface area contributed by atoms with Crippen molar-refractivity contribution in [2.24, 2.45) is 0 Å². The molecule has 1 N–H and O–H groups in total. The van der Waals surface area contributed by atoms with E-state index in [1.54, 1.807) is 44.6 Å². The molecule has 2 aromatic carbocycles. The molecule has 2 rings (SSSR count). The molecule has 0 heterocycles. The van der Waals surface area contributed by atoms with E-state index in [0.717, 1.165) is 0 Å². The van der Waals surface area contributed by atoms with Gasteiger partial charge in [0.15, 0.2) is 0 Å². The summed E-state index contributed by atoms with van der Waals surface area (Å²) in [6, 6.07) is 8.39. The molecular formula is C19H20O6. The number of carbonyl (C=O) groups excluding carboxylic acids is 1. The maximum Gasteiger partial charge on any atom is 0.342 e. The van der Waals surface area contributed by atoms with Crippen LogP contribution in [0.2, 0.25) is 0 Å². The number of phenolic OH excluding ortho intramolecular Hbond substituents is 1. The first-order valence-electron chi connectivity index (χ1n) is 7.44. The van der Waals surface area contributed by atoms with Crippen molar-refractivity contribution in [1.82, 2.24) is 0 Å². The van der Waals surface area contributed by atoms with E-state index in [1.165, 1.54) is 20.3 Å². The Hall–Kier alpha value is -3.15. The first kappa shape index (κ1) is 18.2. The maximum atomic E-state index is 12.0. The summed E-state index contributed by atoms with van der Waals surface area (Å²) in [6.07, 6.45) is 3.40. The first-order chi connectivity index (χ1) is 12.0. The molecule has 0 spiro atoms. The number of methoxy groups -OCH3 is 4. The Balaban J connectivity index is 2.58. The molecule has 6 nitrogen and oxygen atoms in total. The molecule has 0 aliphatic carbocycles. The van der Waals surface area contributed by atoms with Crippen LogP contribution >= 0.6 is 0 Å². The van der Waals surface area contributed by atoms with Crippen molar-refractivity contribution in [2.75, 3.05) is 28.4 Å². The highest BCUT2D eigenvalue weighted by Gasteiger charge is 2.18. The molecule has 0 aliphatic rings. The average Bonchev–Trinajstić information content (AvgIpc) is 2.64. The molecule has 0 saturated carbocycles. The zero-order valence-electron chi connectivity index (χ0n) is 14.5. The Morgan fingerprint density at radius 1 is 0.960 bits per heavy atom. The minimum atomic E-state index is -0.646. The van der Waals surface area contributed by atoms with Gasteiger partial charge in [-0.15, -0.1) is 0 Å². The number of esters is 1. The summed E-state index contributed by atoms with van der Waals surface area (Å²) in [5.74, 6) is 0.770. The molecule has 0 bridgehead atoms. The van der Waals surface area contributed by atoms with Gasteiger partial charge in [0.05, 0.1) is 34.0 Å². The van der Waals surface area contributed by atoms with Gasteiger partial charge >= 0.3 is 5.97 Å². The van der Waals surface area contributed by atoms with Gasteiger partial charge < -0.3 is 24.1 Å². The summed E-state index contributed by atoms with van der Waals surface area (Å²) >= 11 is 0. The predicted molar refractivity (Wildman–Crippen MR) is 94.5 cm³/mol. The van der Waals surface area contributed by atoms with Gasteiger partial charge in [0, 0.05) is 6.07 Å². The summed E-state index contributed by atoms with van der Waals surface area (Å²) in [5, 5.41) is 10.1. The summed E-state index contributed by atoms with van der Waals surface area (Å²) < 4.78 is 20.6. The van der Waals surface area contributed by atoms with Gasteiger partial charge in [-0.2, -0.15) is 0 Å². The topological polar surface area (TPSA) is 74.2 Å². The van der Waals surface area contributed by atoms with Gasteiger partial charge in [-0.3, -0.25) is 0 Å². The molecule has 0 fully saturated rings. The fourth-order valence-corrected chi connectivity index (χ4v) is 2.41. The molecule has 132 valence electrons. The lowest BCUT2D eigenvalue weighted by Gasteiger charge is -2.11. The van der Waals surface area contributed by atoms with E-state index < -0.39 is 5.97 Å². The second-order valence-electron chi connectivity index (χ2n) is 5.01. The zero-order valence-corrected chi connectivity index (χ0v) is 14.5. The predicted octanol–water partition coefficient (Wildman–Crippen LogP) is 3.38. The van der Waals surface area contributed by atoms with Crippen LogP contribution in [0.5, 0.6) is 23.0 Å². The largest absolute Gasteiger partial charge is 0.507 e. The van der Waals surface area contributed by atoms with Crippen LogP contribution in [0.4, 0.5) is 0 Å². The van der Waals surface area contributed by atoms with E-state index in [-0.39, 0.29) is 11.3 Å². The highest BCUT2D eigenvalue weighted by molar-refractivity contribution is 5.98. The molecule has 0 saturated heterocycles. The summed E-state index contributed by atoms with van der Waals surface area (Å²) in [7, 11) is 5.85. The third kappa shape index (κ3) is 3.85. The van der Waals surface area contributed by atoms with Crippen LogP contribution in [0.25, 0.3) is 12.2 Å². The van der Waals surface area contributed by atoms with Gasteiger partial charge in [-0.25, -0.2) is 4.79 Å². The molecule has 2 aromatic rings. The maximum absolute atomic E-state index is 12.0. The Labute approximate surface area is 146 Å². The molecule has 6 heteroatoms. The third-order valence-corrected chi connectivity index (χ3v) is 3.64. The normalized spacial score (nSPS) is 10.6. The second-order valence-corrected chi connectivity index (χ2v) is 5.01. The minimum Gasteiger partial charge on any atom is -0.507 e. The zero-order chi connectivity index (χ0) is 18.4. The van der Waals surface area contributed by atoms with Crippen molar-refractivity contribution < 1.29 is 28.8 Å². The van der Waals surface area contributed by atoms with Crippen molar-refractivity contribution in [1.29, 1.82) is 0 Å². The van der Waals surface area contributed by atoms with Crippen LogP contribution in [-0.4, -0.2) is 39.5 Å². The fourth-order valence-electron chi connectivity index (χ4n) is 2.41. The summed E-state index contributed by atoms with van der Waals surface area (Å²) in [5.41, 5.74) is 1.19. The van der Waals surface area contributed by atoms with Crippen molar-refractivity contribution in [3.63, 3.8) is 0 Å². The summed E-state index contributed by atoms with van der Waals surface area (Å²) in [6.45, 7) is 0. The Bertz CT molecular complexity index is 772. The molecule has 0 aromatic heterocycles. The van der Waals surface area contributed by atoms with Crippen LogP contribution in [-0.2, 0) is 4.74 Å². The second kappa shape index (κ2) is 8.10. The monoisotopic (exact) mass is 344 g/mol. The van der Waals surface area contributed by atoms with E-state index in [4.69, 9.17) is 18.9 Å². The highest BCUT2D eigenvalue weighted by Crippen LogP contribution is 2.33. The lowest BCUT2D eigenvalue weighted by Crippen LogP contribution is -2.04. The molecular weight excluding hydrogens is 324 g/mol. The standard InChI is InChI=1S/C19H20O6/c1-22-13-10-12(18(15(20)11-13)19(21)25-4)8-9-14-16(23-2)6-5-7-17(14)24-3/h5-11,20H,1-4H3/b9-8+. The molecule has 25 heavy (non-hydrogen) atoms. The van der Waals surface area contributed by atoms with Gasteiger partial charge in [-0.05, 0) is 29.8 Å². The van der Waals surface area contributed by atoms with Crippen LogP contribution < -0.4 is 14.2 Å². The lowest BCUT2D eigenvalue weighted by atomic mass is 10.0. The quantitative estimate of drug-likeness (QED) is 0.640. The highest BCUT2D eigenvalue weighted by atomic mass is 16.5. The number of rotatable bonds is 6. The number of hydrogen-bond donors (Lipinski definition) is 1. The molecule has 0 amide bonds. The smallest absolute Gasteiger partial charge is 0.342 e. The molecule has 0 aliphatic heterocycles. The van der Waals surface area contributed by atoms with Crippen LogP contribution in [0.15, 0.2) is 30.3 Å². The van der Waals surface area contributed by atoms with Crippen LogP contribution in [0.3, 0.4) is 0 Å². The summed E-state index contributed by atoms with van der Waals surface area (Å²) in [4.78, 5) is 12.0. The number of ether oxygens (including phenoxy) is 4. The average molecular weight is 344 g/mol. The van der Waals surface area contributed by atoms with E-state index >= 15 is 0 Å². The van der Waals surface area contributed by atoms with E-state index in [0.29, 0.717) is 28.4 Å². The fraction of sp³-hybridized carbons (Fsp3) is 0.211. The Morgan fingerprint density at radius 3 is 2.12 bits per heavy atom. The van der Waals surface area contributed by atoms with E-state index in [9.17, 15) is 9.90 Å². The SMILES string of the molecule is COC(=O)c1c(O)cc(OC)cc1/C=C/c1c(OC)cccc1OC. The third-order valence-electron chi connectivity index (χ3n) is 3.64. The Kier molecular flexibility index (Phi) is 5.89. The van der Waals surface area contributed by atoms with Crippen molar-refractivity contribution >= 4 is 18.1 Å². The van der Waals surface area contributed by atoms with Crippen LogP contribution in [0.1, 0.15) is 21.5 Å². The molecule has 0 radical (unpaired) electrons. The number of hydrogen-bond acceptors (Lipinski definition) is 6. The van der Waals surface area contributed by atoms with Gasteiger partial charge in [0.25, 0.3) is 0 Å². The van der Waals surface area contributed by atoms with Crippen molar-refractivity contribution in [3.05, 3.63) is 47.0 Å². The molecule has 0 unspecified atom stereocenters. The number of phenols is 1. The first-order valence-corrected chi connectivity index (χ1v) is 7.44. The lowest BCUT2D eigenvalue weighted by molar-refractivity contribution is 0.0597. The van der Waals surface area contributed by atoms with Crippen molar-refractivity contribution in [3.8, 4) is 23.0 Å². The van der Waals surface area contributed by atoms with Gasteiger partial charge in [0.2, 0.25) is 0 Å². The Morgan fingerprint density at radius 2 is 1.60 bits per heavy atom. The minimum absolute atomic E-state index is 0.0495. The van der Waals surface area contributed by atoms with Gasteiger partial charge in [-0.1, -0.05) is 12.1 Å². The van der Waals surface area contributed by atoms with Crippen molar-refractivity contribution in [2.45, 2.75) is 0 Å². The van der Waals surface area contributed by atoms with E-state index in [2.05, 4.69) is 0 Å². The van der Waals surface area contributed by atoms with E-state index in [1.807, 2.05) is 6.07 Å². The number of benzene rings is 2. The van der Waals surface area contributed by atoms with Gasteiger partial charge in [0.1, 0.15) is 28.6 Å². The number of carbonyl (C=O) groups is 1. The number of aromatic hydroxyl groups is 1. The molecule has 0 atom stereocenters. The van der Waals surface area contributed by atoms with Crippen LogP contribution in [0, 0.1) is 0 Å².